The second kappa shape index (κ2) is 5.44. The highest BCUT2D eigenvalue weighted by Gasteiger charge is 2.40. The lowest BCUT2D eigenvalue weighted by molar-refractivity contribution is -0.120. The lowest BCUT2D eigenvalue weighted by Gasteiger charge is -2.16. The number of alkyl halides is 1. The maximum Gasteiger partial charge on any atom is 0.261 e. The van der Waals surface area contributed by atoms with Gasteiger partial charge in [0.05, 0.1) is 5.69 Å². The zero-order valence-electron chi connectivity index (χ0n) is 11.7. The van der Waals surface area contributed by atoms with Gasteiger partial charge in [0.1, 0.15) is 5.82 Å². The van der Waals surface area contributed by atoms with Crippen LogP contribution in [0, 0.1) is 5.82 Å². The first-order valence-electron chi connectivity index (χ1n) is 7.04. The van der Waals surface area contributed by atoms with Crippen LogP contribution in [0.1, 0.15) is 36.0 Å². The molecule has 1 aliphatic heterocycles. The molecule has 22 heavy (non-hydrogen) atoms. The average Bonchev–Trinajstić information content (AvgIpc) is 2.79. The molecule has 0 atom stereocenters. The summed E-state index contributed by atoms with van der Waals surface area (Å²) in [7, 11) is 0. The van der Waals surface area contributed by atoms with E-state index < -0.39 is 30.1 Å². The number of ketones is 1. The van der Waals surface area contributed by atoms with E-state index >= 15 is 0 Å². The molecule has 0 saturated heterocycles. The van der Waals surface area contributed by atoms with Crippen LogP contribution < -0.4 is 4.90 Å². The van der Waals surface area contributed by atoms with Gasteiger partial charge in [0.15, 0.2) is 12.5 Å². The number of hydrogen-bond donors (Lipinski definition) is 0. The second-order valence-corrected chi connectivity index (χ2v) is 5.33. The highest BCUT2D eigenvalue weighted by Crippen LogP contribution is 2.36. The van der Waals surface area contributed by atoms with Crippen molar-refractivity contribution >= 4 is 23.3 Å². The molecule has 0 fully saturated rings. The Hall–Kier alpha value is -2.37. The van der Waals surface area contributed by atoms with Crippen molar-refractivity contribution < 1.29 is 23.2 Å². The molecule has 2 aliphatic rings. The number of carbonyl (C=O) groups excluding carboxylic acids is 3. The van der Waals surface area contributed by atoms with E-state index in [1.807, 2.05) is 0 Å². The Morgan fingerprint density at radius 2 is 1.68 bits per heavy atom. The number of Topliss-reactive ketones (excluding diaryl/α,β-unsaturated/α-hetero) is 1. The lowest BCUT2D eigenvalue weighted by Crippen LogP contribution is -2.32. The lowest BCUT2D eigenvalue weighted by atomic mass is 9.93. The van der Waals surface area contributed by atoms with Gasteiger partial charge in [0.2, 0.25) is 0 Å². The Morgan fingerprint density at radius 1 is 1.09 bits per heavy atom. The minimum atomic E-state index is -1.22. The van der Waals surface area contributed by atoms with Crippen LogP contribution in [0.4, 0.5) is 14.5 Å². The van der Waals surface area contributed by atoms with Crippen molar-refractivity contribution in [2.45, 2.75) is 25.7 Å². The number of rotatable bonds is 3. The van der Waals surface area contributed by atoms with Crippen LogP contribution in [0.2, 0.25) is 0 Å². The first-order chi connectivity index (χ1) is 10.5. The number of benzene rings is 1. The third kappa shape index (κ3) is 2.15. The molecule has 0 radical (unpaired) electrons. The molecular formula is C16H13F2NO3. The summed E-state index contributed by atoms with van der Waals surface area (Å²) in [5.41, 5.74) is 0.504. The number of carbonyl (C=O) groups is 3. The zero-order valence-corrected chi connectivity index (χ0v) is 11.7. The van der Waals surface area contributed by atoms with Gasteiger partial charge in [-0.3, -0.25) is 14.4 Å². The highest BCUT2D eigenvalue weighted by atomic mass is 19.1. The van der Waals surface area contributed by atoms with Crippen LogP contribution in [-0.2, 0) is 9.59 Å². The summed E-state index contributed by atoms with van der Waals surface area (Å²) >= 11 is 0. The van der Waals surface area contributed by atoms with E-state index in [2.05, 4.69) is 0 Å². The fourth-order valence-electron chi connectivity index (χ4n) is 2.89. The Balaban J connectivity index is 2.03. The number of imide groups is 1. The van der Waals surface area contributed by atoms with Crippen LogP contribution in [0.25, 0.3) is 0 Å². The smallest absolute Gasteiger partial charge is 0.261 e. The zero-order chi connectivity index (χ0) is 15.9. The summed E-state index contributed by atoms with van der Waals surface area (Å²) in [5, 5.41) is 0. The van der Waals surface area contributed by atoms with Crippen molar-refractivity contribution in [3.63, 3.8) is 0 Å². The summed E-state index contributed by atoms with van der Waals surface area (Å²) in [6.45, 7) is -1.22. The molecule has 114 valence electrons. The minimum Gasteiger partial charge on any atom is -0.291 e. The van der Waals surface area contributed by atoms with Crippen LogP contribution in [0.5, 0.6) is 0 Å². The van der Waals surface area contributed by atoms with Crippen LogP contribution >= 0.6 is 0 Å². The molecule has 1 heterocycles. The van der Waals surface area contributed by atoms with E-state index in [-0.39, 0.29) is 11.3 Å². The average molecular weight is 305 g/mol. The number of nitrogens with zero attached hydrogens (tertiary/aromatic N) is 1. The van der Waals surface area contributed by atoms with Gasteiger partial charge in [0.25, 0.3) is 11.8 Å². The fourth-order valence-corrected chi connectivity index (χ4v) is 2.89. The largest absolute Gasteiger partial charge is 0.291 e. The summed E-state index contributed by atoms with van der Waals surface area (Å²) < 4.78 is 26.5. The summed E-state index contributed by atoms with van der Waals surface area (Å²) in [4.78, 5) is 36.9. The fraction of sp³-hybridized carbons (Fsp3) is 0.312. The predicted molar refractivity (Wildman–Crippen MR) is 74.7 cm³/mol. The standard InChI is InChI=1S/C16H13F2NO3/c17-8-14(20)9-5-6-12(18)13(7-9)19-15(21)10-3-1-2-4-11(10)16(19)22/h5-7H,1-4,8H2. The van der Waals surface area contributed by atoms with Gasteiger partial charge in [-0.05, 0) is 43.9 Å². The van der Waals surface area contributed by atoms with E-state index in [0.29, 0.717) is 24.0 Å². The molecule has 6 heteroatoms. The van der Waals surface area contributed by atoms with Crippen molar-refractivity contribution in [2.75, 3.05) is 11.6 Å². The molecule has 2 amide bonds. The number of halogens is 2. The molecular weight excluding hydrogens is 292 g/mol. The van der Waals surface area contributed by atoms with E-state index in [1.165, 1.54) is 0 Å². The molecule has 1 aromatic carbocycles. The highest BCUT2D eigenvalue weighted by molar-refractivity contribution is 6.33. The van der Waals surface area contributed by atoms with Crippen molar-refractivity contribution in [3.05, 3.63) is 40.7 Å². The van der Waals surface area contributed by atoms with Crippen molar-refractivity contribution in [1.29, 1.82) is 0 Å². The molecule has 4 nitrogen and oxygen atoms in total. The van der Waals surface area contributed by atoms with Gasteiger partial charge in [-0.1, -0.05) is 0 Å². The van der Waals surface area contributed by atoms with Crippen LogP contribution in [0.15, 0.2) is 29.3 Å². The monoisotopic (exact) mass is 305 g/mol. The van der Waals surface area contributed by atoms with Gasteiger partial charge in [-0.2, -0.15) is 0 Å². The normalized spacial score (nSPS) is 18.0. The van der Waals surface area contributed by atoms with Crippen molar-refractivity contribution in [3.8, 4) is 0 Å². The Kier molecular flexibility index (Phi) is 3.60. The molecule has 0 aromatic heterocycles. The molecule has 0 unspecified atom stereocenters. The van der Waals surface area contributed by atoms with Crippen LogP contribution in [0.3, 0.4) is 0 Å². The predicted octanol–water partition coefficient (Wildman–Crippen LogP) is 2.72. The number of anilines is 1. The van der Waals surface area contributed by atoms with Gasteiger partial charge >= 0.3 is 0 Å². The first kappa shape index (κ1) is 14.6. The number of hydrogen-bond acceptors (Lipinski definition) is 3. The summed E-state index contributed by atoms with van der Waals surface area (Å²) in [6, 6.07) is 3.17. The minimum absolute atomic E-state index is 0.0654. The van der Waals surface area contributed by atoms with Gasteiger partial charge in [-0.25, -0.2) is 13.7 Å². The maximum absolute atomic E-state index is 14.0. The SMILES string of the molecule is O=C(CF)c1ccc(F)c(N2C(=O)C3=C(CCCC3)C2=O)c1. The quantitative estimate of drug-likeness (QED) is 0.637. The second-order valence-electron chi connectivity index (χ2n) is 5.33. The van der Waals surface area contributed by atoms with E-state index in [4.69, 9.17) is 0 Å². The van der Waals surface area contributed by atoms with E-state index in [1.54, 1.807) is 0 Å². The van der Waals surface area contributed by atoms with E-state index in [0.717, 1.165) is 35.9 Å². The van der Waals surface area contributed by atoms with Crippen molar-refractivity contribution in [1.82, 2.24) is 0 Å². The first-order valence-corrected chi connectivity index (χ1v) is 7.04. The molecule has 3 rings (SSSR count). The molecule has 0 N–H and O–H groups in total. The Labute approximate surface area is 125 Å². The third-order valence-electron chi connectivity index (χ3n) is 4.02. The number of amides is 2. The Bertz CT molecular complexity index is 696. The summed E-state index contributed by atoms with van der Waals surface area (Å²) in [6.07, 6.45) is 2.63. The third-order valence-corrected chi connectivity index (χ3v) is 4.02. The van der Waals surface area contributed by atoms with Gasteiger partial charge < -0.3 is 0 Å². The van der Waals surface area contributed by atoms with Gasteiger partial charge in [0, 0.05) is 16.7 Å². The van der Waals surface area contributed by atoms with Crippen molar-refractivity contribution in [2.24, 2.45) is 0 Å². The molecule has 0 saturated carbocycles. The molecule has 1 aromatic rings. The Morgan fingerprint density at radius 3 is 2.23 bits per heavy atom. The van der Waals surface area contributed by atoms with E-state index in [9.17, 15) is 23.2 Å². The van der Waals surface area contributed by atoms with Gasteiger partial charge in [-0.15, -0.1) is 0 Å². The molecule has 0 spiro atoms. The summed E-state index contributed by atoms with van der Waals surface area (Å²) in [5.74, 6) is -2.69. The topological polar surface area (TPSA) is 54.5 Å². The maximum atomic E-state index is 14.0. The molecule has 1 aliphatic carbocycles. The van der Waals surface area contributed by atoms with Crippen LogP contribution in [-0.4, -0.2) is 24.3 Å². The molecule has 0 bridgehead atoms.